The second-order valence-corrected chi connectivity index (χ2v) is 8.11. The van der Waals surface area contributed by atoms with E-state index in [1.165, 1.54) is 29.8 Å². The molecule has 0 aliphatic carbocycles. The van der Waals surface area contributed by atoms with Crippen LogP contribution in [0.3, 0.4) is 0 Å². The molecule has 4 heterocycles. The zero-order valence-corrected chi connectivity index (χ0v) is 16.2. The van der Waals surface area contributed by atoms with E-state index in [0.29, 0.717) is 17.1 Å². The van der Waals surface area contributed by atoms with Crippen molar-refractivity contribution >= 4 is 44.8 Å². The first-order valence-corrected chi connectivity index (χ1v) is 10.0. The van der Waals surface area contributed by atoms with Gasteiger partial charge in [0.15, 0.2) is 10.3 Å². The molecule has 1 N–H and O–H groups in total. The average Bonchev–Trinajstić information content (AvgIpc) is 3.26. The van der Waals surface area contributed by atoms with Gasteiger partial charge in [0.1, 0.15) is 9.75 Å². The summed E-state index contributed by atoms with van der Waals surface area (Å²) in [7, 11) is 1.38. The third kappa shape index (κ3) is 3.03. The molecular weight excluding hydrogens is 374 g/mol. The van der Waals surface area contributed by atoms with Gasteiger partial charge < -0.3 is 19.9 Å². The fourth-order valence-electron chi connectivity index (χ4n) is 3.08. The number of thiazole rings is 2. The van der Waals surface area contributed by atoms with Crippen molar-refractivity contribution in [3.63, 3.8) is 0 Å². The van der Waals surface area contributed by atoms with Crippen LogP contribution in [-0.2, 0) is 11.2 Å². The van der Waals surface area contributed by atoms with Crippen LogP contribution in [0.25, 0.3) is 0 Å². The van der Waals surface area contributed by atoms with E-state index in [0.717, 1.165) is 53.4 Å². The monoisotopic (exact) mass is 393 g/mol. The Hall–Kier alpha value is -2.20. The number of hydrogen-bond acceptors (Lipinski definition) is 9. The summed E-state index contributed by atoms with van der Waals surface area (Å²) in [6.07, 6.45) is 0.798. The maximum absolute atomic E-state index is 11.9. The summed E-state index contributed by atoms with van der Waals surface area (Å²) in [4.78, 5) is 38.6. The molecule has 4 rings (SSSR count). The van der Waals surface area contributed by atoms with E-state index in [9.17, 15) is 9.59 Å². The van der Waals surface area contributed by atoms with E-state index in [4.69, 9.17) is 4.74 Å². The highest BCUT2D eigenvalue weighted by Crippen LogP contribution is 2.31. The Morgan fingerprint density at radius 2 is 1.77 bits per heavy atom. The molecule has 10 heteroatoms. The van der Waals surface area contributed by atoms with Gasteiger partial charge >= 0.3 is 5.97 Å². The van der Waals surface area contributed by atoms with E-state index >= 15 is 0 Å². The molecule has 2 aliphatic heterocycles. The van der Waals surface area contributed by atoms with Crippen molar-refractivity contribution in [1.82, 2.24) is 15.3 Å². The number of methoxy groups -OCH3 is 1. The van der Waals surface area contributed by atoms with Crippen molar-refractivity contribution in [2.24, 2.45) is 0 Å². The number of nitrogens with zero attached hydrogens (tertiary/aromatic N) is 4. The van der Waals surface area contributed by atoms with Gasteiger partial charge in [0.05, 0.1) is 18.5 Å². The zero-order chi connectivity index (χ0) is 18.3. The molecule has 0 bridgehead atoms. The average molecular weight is 393 g/mol. The summed E-state index contributed by atoms with van der Waals surface area (Å²) < 4.78 is 4.81. The van der Waals surface area contributed by atoms with Crippen LogP contribution in [0, 0.1) is 6.92 Å². The highest BCUT2D eigenvalue weighted by Gasteiger charge is 2.27. The van der Waals surface area contributed by atoms with Crippen LogP contribution in [0.1, 0.15) is 30.7 Å². The molecule has 8 nitrogen and oxygen atoms in total. The van der Waals surface area contributed by atoms with Crippen molar-refractivity contribution in [1.29, 1.82) is 0 Å². The van der Waals surface area contributed by atoms with Crippen LogP contribution < -0.4 is 15.1 Å². The molecule has 2 aliphatic rings. The fraction of sp³-hybridized carbons (Fsp3) is 0.500. The van der Waals surface area contributed by atoms with E-state index in [1.807, 2.05) is 6.92 Å². The SMILES string of the molecule is COC(=O)c1sc(N2CCN(c3nc4c(s3)C(=O)NCC4)CC2)nc1C. The number of amides is 1. The number of ether oxygens (including phenoxy) is 1. The number of rotatable bonds is 3. The number of carbonyl (C=O) groups excluding carboxylic acids is 2. The number of piperazine rings is 1. The van der Waals surface area contributed by atoms with Crippen LogP contribution in [0.15, 0.2) is 0 Å². The van der Waals surface area contributed by atoms with E-state index in [2.05, 4.69) is 25.1 Å². The Morgan fingerprint density at radius 3 is 2.38 bits per heavy atom. The smallest absolute Gasteiger partial charge is 0.350 e. The number of nitrogens with one attached hydrogen (secondary N) is 1. The summed E-state index contributed by atoms with van der Waals surface area (Å²) >= 11 is 2.84. The second kappa shape index (κ2) is 6.84. The molecule has 1 amide bonds. The minimum Gasteiger partial charge on any atom is -0.465 e. The summed E-state index contributed by atoms with van der Waals surface area (Å²) in [6.45, 7) is 5.69. The quantitative estimate of drug-likeness (QED) is 0.787. The second-order valence-electron chi connectivity index (χ2n) is 6.15. The summed E-state index contributed by atoms with van der Waals surface area (Å²) in [5.41, 5.74) is 1.62. The van der Waals surface area contributed by atoms with Crippen molar-refractivity contribution in [2.45, 2.75) is 13.3 Å². The largest absolute Gasteiger partial charge is 0.465 e. The van der Waals surface area contributed by atoms with Gasteiger partial charge in [-0.1, -0.05) is 22.7 Å². The van der Waals surface area contributed by atoms with Gasteiger partial charge in [-0.15, -0.1) is 0 Å². The topological polar surface area (TPSA) is 87.7 Å². The number of aromatic nitrogens is 2. The Labute approximate surface area is 158 Å². The predicted octanol–water partition coefficient (Wildman–Crippen LogP) is 1.31. The van der Waals surface area contributed by atoms with Gasteiger partial charge in [0.2, 0.25) is 0 Å². The molecule has 0 unspecified atom stereocenters. The van der Waals surface area contributed by atoms with Gasteiger partial charge in [-0.2, -0.15) is 0 Å². The summed E-state index contributed by atoms with van der Waals surface area (Å²) in [5.74, 6) is -0.348. The van der Waals surface area contributed by atoms with Gasteiger partial charge in [0.25, 0.3) is 5.91 Å². The van der Waals surface area contributed by atoms with Crippen LogP contribution in [0.5, 0.6) is 0 Å². The molecule has 0 aromatic carbocycles. The highest BCUT2D eigenvalue weighted by atomic mass is 32.1. The van der Waals surface area contributed by atoms with Gasteiger partial charge in [-0.3, -0.25) is 4.79 Å². The molecule has 26 heavy (non-hydrogen) atoms. The van der Waals surface area contributed by atoms with Crippen molar-refractivity contribution in [3.05, 3.63) is 21.1 Å². The maximum Gasteiger partial charge on any atom is 0.350 e. The standard InChI is InChI=1S/C16H19N5O3S2/c1-9-11(14(23)24-2)25-15(18-9)20-5-7-21(8-6-20)16-19-10-3-4-17-13(22)12(10)26-16/h3-8H2,1-2H3,(H,17,22). The Kier molecular flexibility index (Phi) is 4.53. The van der Waals surface area contributed by atoms with Crippen molar-refractivity contribution < 1.29 is 14.3 Å². The lowest BCUT2D eigenvalue weighted by Crippen LogP contribution is -2.46. The lowest BCUT2D eigenvalue weighted by atomic mass is 10.2. The molecule has 0 atom stereocenters. The fourth-order valence-corrected chi connectivity index (χ4v) is 5.20. The third-order valence-corrected chi connectivity index (χ3v) is 6.87. The first-order valence-electron chi connectivity index (χ1n) is 8.40. The number of aryl methyl sites for hydroxylation is 1. The summed E-state index contributed by atoms with van der Waals surface area (Å²) in [5, 5.41) is 4.63. The number of anilines is 2. The lowest BCUT2D eigenvalue weighted by molar-refractivity contribution is 0.0605. The first kappa shape index (κ1) is 17.2. The van der Waals surface area contributed by atoms with Crippen molar-refractivity contribution in [3.8, 4) is 0 Å². The van der Waals surface area contributed by atoms with Crippen LogP contribution in [0.2, 0.25) is 0 Å². The molecule has 138 valence electrons. The van der Waals surface area contributed by atoms with Crippen LogP contribution in [0.4, 0.5) is 10.3 Å². The van der Waals surface area contributed by atoms with Gasteiger partial charge in [-0.25, -0.2) is 14.8 Å². The van der Waals surface area contributed by atoms with E-state index in [1.54, 1.807) is 0 Å². The van der Waals surface area contributed by atoms with E-state index in [-0.39, 0.29) is 11.9 Å². The summed E-state index contributed by atoms with van der Waals surface area (Å²) in [6, 6.07) is 0. The Morgan fingerprint density at radius 1 is 1.12 bits per heavy atom. The van der Waals surface area contributed by atoms with Crippen LogP contribution >= 0.6 is 22.7 Å². The normalized spacial score (nSPS) is 17.1. The Balaban J connectivity index is 1.45. The predicted molar refractivity (Wildman–Crippen MR) is 101 cm³/mol. The molecule has 0 radical (unpaired) electrons. The molecule has 1 saturated heterocycles. The highest BCUT2D eigenvalue weighted by molar-refractivity contribution is 7.18. The Bertz CT molecular complexity index is 854. The number of hydrogen-bond donors (Lipinski definition) is 1. The minimum atomic E-state index is -0.337. The molecule has 0 saturated carbocycles. The minimum absolute atomic E-state index is 0.0118. The zero-order valence-electron chi connectivity index (χ0n) is 14.6. The van der Waals surface area contributed by atoms with Crippen molar-refractivity contribution in [2.75, 3.05) is 49.6 Å². The molecule has 2 aromatic rings. The van der Waals surface area contributed by atoms with Crippen LogP contribution in [-0.4, -0.2) is 61.7 Å². The lowest BCUT2D eigenvalue weighted by Gasteiger charge is -2.34. The number of esters is 1. The van der Waals surface area contributed by atoms with Gasteiger partial charge in [0, 0.05) is 39.1 Å². The number of carbonyl (C=O) groups is 2. The molecule has 1 fully saturated rings. The first-order chi connectivity index (χ1) is 12.6. The molecule has 2 aromatic heterocycles. The maximum atomic E-state index is 11.9. The van der Waals surface area contributed by atoms with E-state index < -0.39 is 0 Å². The number of fused-ring (bicyclic) bond motifs is 1. The molecular formula is C16H19N5O3S2. The molecule has 0 spiro atoms. The van der Waals surface area contributed by atoms with Gasteiger partial charge in [-0.05, 0) is 6.92 Å². The third-order valence-electron chi connectivity index (χ3n) is 4.52.